The molecule has 0 spiro atoms. The number of hydrogen-bond acceptors (Lipinski definition) is 3. The fraction of sp³-hybridized carbons (Fsp3) is 0.417. The Morgan fingerprint density at radius 1 is 1.59 bits per heavy atom. The van der Waals surface area contributed by atoms with Crippen molar-refractivity contribution < 1.29 is 4.74 Å². The molecular formula is C12H12BrClN2O. The standard InChI is InChI=1S/C12H12BrClN2O/c13-10-5-9(1-2-11(10)14)16-12(6-15)8-3-4-17-7-8/h1-2,5,8,12,16H,3-4,7H2. The van der Waals surface area contributed by atoms with Crippen molar-refractivity contribution in [2.75, 3.05) is 18.5 Å². The van der Waals surface area contributed by atoms with Gasteiger partial charge in [0.1, 0.15) is 6.04 Å². The van der Waals surface area contributed by atoms with Crippen LogP contribution in [0.2, 0.25) is 5.02 Å². The highest BCUT2D eigenvalue weighted by Crippen LogP contribution is 2.27. The molecule has 2 atom stereocenters. The second-order valence-corrected chi connectivity index (χ2v) is 5.27. The van der Waals surface area contributed by atoms with Gasteiger partial charge in [0.2, 0.25) is 0 Å². The van der Waals surface area contributed by atoms with E-state index in [2.05, 4.69) is 27.3 Å². The molecule has 0 saturated carbocycles. The van der Waals surface area contributed by atoms with E-state index >= 15 is 0 Å². The molecule has 90 valence electrons. The van der Waals surface area contributed by atoms with Crippen LogP contribution in [0.1, 0.15) is 6.42 Å². The van der Waals surface area contributed by atoms with Crippen molar-refractivity contribution in [3.8, 4) is 6.07 Å². The van der Waals surface area contributed by atoms with Gasteiger partial charge in [-0.05, 0) is 40.5 Å². The lowest BCUT2D eigenvalue weighted by Crippen LogP contribution is -2.27. The molecule has 1 aliphatic rings. The van der Waals surface area contributed by atoms with Gasteiger partial charge in [-0.15, -0.1) is 0 Å². The van der Waals surface area contributed by atoms with Gasteiger partial charge in [-0.2, -0.15) is 5.26 Å². The molecule has 17 heavy (non-hydrogen) atoms. The average molecular weight is 316 g/mol. The topological polar surface area (TPSA) is 45.0 Å². The number of halogens is 2. The number of rotatable bonds is 3. The number of benzene rings is 1. The molecule has 1 saturated heterocycles. The van der Waals surface area contributed by atoms with Gasteiger partial charge in [0, 0.05) is 22.7 Å². The van der Waals surface area contributed by atoms with Crippen molar-refractivity contribution in [3.05, 3.63) is 27.7 Å². The second kappa shape index (κ2) is 5.72. The molecule has 0 bridgehead atoms. The fourth-order valence-corrected chi connectivity index (χ4v) is 2.33. The van der Waals surface area contributed by atoms with Gasteiger partial charge in [0.05, 0.1) is 17.7 Å². The quantitative estimate of drug-likeness (QED) is 0.929. The van der Waals surface area contributed by atoms with Crippen LogP contribution in [0.5, 0.6) is 0 Å². The van der Waals surface area contributed by atoms with Gasteiger partial charge < -0.3 is 10.1 Å². The zero-order chi connectivity index (χ0) is 12.3. The van der Waals surface area contributed by atoms with Crippen LogP contribution in [0.15, 0.2) is 22.7 Å². The minimum atomic E-state index is -0.217. The van der Waals surface area contributed by atoms with Gasteiger partial charge in [0.25, 0.3) is 0 Å². The van der Waals surface area contributed by atoms with Crippen molar-refractivity contribution in [1.29, 1.82) is 5.26 Å². The maximum atomic E-state index is 9.17. The van der Waals surface area contributed by atoms with E-state index < -0.39 is 0 Å². The lowest BCUT2D eigenvalue weighted by molar-refractivity contribution is 0.185. The minimum absolute atomic E-state index is 0.217. The number of nitriles is 1. The van der Waals surface area contributed by atoms with Crippen molar-refractivity contribution in [2.24, 2.45) is 5.92 Å². The lowest BCUT2D eigenvalue weighted by Gasteiger charge is -2.18. The summed E-state index contributed by atoms with van der Waals surface area (Å²) < 4.78 is 6.12. The molecule has 5 heteroatoms. The first kappa shape index (κ1) is 12.7. The highest BCUT2D eigenvalue weighted by Gasteiger charge is 2.25. The Hall–Kier alpha value is -0.760. The number of ether oxygens (including phenoxy) is 1. The smallest absolute Gasteiger partial charge is 0.119 e. The summed E-state index contributed by atoms with van der Waals surface area (Å²) in [6, 6.07) is 7.62. The number of hydrogen-bond donors (Lipinski definition) is 1. The molecular weight excluding hydrogens is 304 g/mol. The van der Waals surface area contributed by atoms with E-state index in [9.17, 15) is 0 Å². The third kappa shape index (κ3) is 3.12. The molecule has 3 nitrogen and oxygen atoms in total. The maximum absolute atomic E-state index is 9.17. The molecule has 0 aromatic heterocycles. The van der Waals surface area contributed by atoms with E-state index in [1.54, 1.807) is 6.07 Å². The Bertz CT molecular complexity index is 441. The van der Waals surface area contributed by atoms with Crippen LogP contribution in [-0.2, 0) is 4.74 Å². The molecule has 0 amide bonds. The van der Waals surface area contributed by atoms with E-state index in [1.165, 1.54) is 0 Å². The van der Waals surface area contributed by atoms with Gasteiger partial charge in [-0.3, -0.25) is 0 Å². The lowest BCUT2D eigenvalue weighted by atomic mass is 10.00. The molecule has 1 aromatic carbocycles. The van der Waals surface area contributed by atoms with Crippen molar-refractivity contribution in [3.63, 3.8) is 0 Å². The van der Waals surface area contributed by atoms with Crippen molar-refractivity contribution >= 4 is 33.2 Å². The van der Waals surface area contributed by atoms with Crippen molar-refractivity contribution in [2.45, 2.75) is 12.5 Å². The van der Waals surface area contributed by atoms with E-state index in [0.29, 0.717) is 11.6 Å². The van der Waals surface area contributed by atoms with E-state index in [-0.39, 0.29) is 12.0 Å². The van der Waals surface area contributed by atoms with Gasteiger partial charge in [-0.1, -0.05) is 11.6 Å². The average Bonchev–Trinajstić information content (AvgIpc) is 2.84. The largest absolute Gasteiger partial charge is 0.381 e. The summed E-state index contributed by atoms with van der Waals surface area (Å²) in [6.45, 7) is 1.40. The normalized spacial score (nSPS) is 20.9. The molecule has 0 radical (unpaired) electrons. The SMILES string of the molecule is N#CC(Nc1ccc(Cl)c(Br)c1)C1CCOC1. The summed E-state index contributed by atoms with van der Waals surface area (Å²) in [7, 11) is 0. The highest BCUT2D eigenvalue weighted by molar-refractivity contribution is 9.10. The minimum Gasteiger partial charge on any atom is -0.381 e. The monoisotopic (exact) mass is 314 g/mol. The van der Waals surface area contributed by atoms with Gasteiger partial charge in [-0.25, -0.2) is 0 Å². The molecule has 2 unspecified atom stereocenters. The van der Waals surface area contributed by atoms with E-state index in [4.69, 9.17) is 21.6 Å². The number of anilines is 1. The third-order valence-corrected chi connectivity index (χ3v) is 4.03. The fourth-order valence-electron chi connectivity index (χ4n) is 1.84. The summed E-state index contributed by atoms with van der Waals surface area (Å²) in [5.74, 6) is 0.259. The summed E-state index contributed by atoms with van der Waals surface area (Å²) in [4.78, 5) is 0. The van der Waals surface area contributed by atoms with Crippen LogP contribution in [0.3, 0.4) is 0 Å². The summed E-state index contributed by atoms with van der Waals surface area (Å²) in [5.41, 5.74) is 0.889. The molecule has 1 heterocycles. The van der Waals surface area contributed by atoms with Crippen LogP contribution in [0.25, 0.3) is 0 Å². The summed E-state index contributed by atoms with van der Waals surface area (Å²) in [6.07, 6.45) is 0.931. The first-order valence-corrected chi connectivity index (χ1v) is 6.57. The Kier molecular flexibility index (Phi) is 4.27. The molecule has 1 fully saturated rings. The van der Waals surface area contributed by atoms with Gasteiger partial charge >= 0.3 is 0 Å². The Balaban J connectivity index is 2.07. The molecule has 1 aliphatic heterocycles. The predicted octanol–water partition coefficient (Wildman–Crippen LogP) is 3.44. The van der Waals surface area contributed by atoms with E-state index in [1.807, 2.05) is 12.1 Å². The van der Waals surface area contributed by atoms with Crippen LogP contribution in [0, 0.1) is 17.2 Å². The van der Waals surface area contributed by atoms with Crippen molar-refractivity contribution in [1.82, 2.24) is 0 Å². The second-order valence-electron chi connectivity index (χ2n) is 4.00. The predicted molar refractivity (Wildman–Crippen MR) is 71.1 cm³/mol. The number of nitrogens with one attached hydrogen (secondary N) is 1. The Morgan fingerprint density at radius 2 is 2.41 bits per heavy atom. The first-order chi connectivity index (χ1) is 8.20. The molecule has 1 aromatic rings. The van der Waals surface area contributed by atoms with Crippen LogP contribution in [-0.4, -0.2) is 19.3 Å². The summed E-state index contributed by atoms with van der Waals surface area (Å²) in [5, 5.41) is 13.0. The van der Waals surface area contributed by atoms with Gasteiger partial charge in [0.15, 0.2) is 0 Å². The van der Waals surface area contributed by atoms with Crippen LogP contribution in [0.4, 0.5) is 5.69 Å². The third-order valence-electron chi connectivity index (χ3n) is 2.82. The maximum Gasteiger partial charge on any atom is 0.119 e. The zero-order valence-corrected chi connectivity index (χ0v) is 11.5. The highest BCUT2D eigenvalue weighted by atomic mass is 79.9. The Labute approximate surface area is 114 Å². The molecule has 1 N–H and O–H groups in total. The van der Waals surface area contributed by atoms with E-state index in [0.717, 1.165) is 23.2 Å². The molecule has 2 rings (SSSR count). The van der Waals surface area contributed by atoms with Crippen LogP contribution >= 0.6 is 27.5 Å². The summed E-state index contributed by atoms with van der Waals surface area (Å²) >= 11 is 9.28. The Morgan fingerprint density at radius 3 is 3.00 bits per heavy atom. The first-order valence-electron chi connectivity index (χ1n) is 5.39. The zero-order valence-electron chi connectivity index (χ0n) is 9.12. The number of nitrogens with zero attached hydrogens (tertiary/aromatic N) is 1. The molecule has 0 aliphatic carbocycles. The van der Waals surface area contributed by atoms with Crippen LogP contribution < -0.4 is 5.32 Å².